The zero-order chi connectivity index (χ0) is 12.2. The Morgan fingerprint density at radius 1 is 1.11 bits per heavy atom. The van der Waals surface area contributed by atoms with Gasteiger partial charge in [-0.3, -0.25) is 0 Å². The Morgan fingerprint density at radius 2 is 1.89 bits per heavy atom. The number of rotatable bonds is 4. The van der Waals surface area contributed by atoms with E-state index in [1.807, 2.05) is 6.07 Å². The molecule has 0 atom stereocenters. The van der Waals surface area contributed by atoms with Gasteiger partial charge >= 0.3 is 0 Å². The molecule has 1 aromatic carbocycles. The highest BCUT2D eigenvalue weighted by Crippen LogP contribution is 2.13. The van der Waals surface area contributed by atoms with E-state index < -0.39 is 0 Å². The highest BCUT2D eigenvalue weighted by molar-refractivity contribution is 5.85. The Morgan fingerprint density at radius 3 is 2.68 bits per heavy atom. The van der Waals surface area contributed by atoms with Crippen LogP contribution in [0.1, 0.15) is 31.5 Å². The summed E-state index contributed by atoms with van der Waals surface area (Å²) >= 11 is 0. The first-order chi connectivity index (χ1) is 8.92. The molecule has 1 aliphatic heterocycles. The molecule has 0 saturated carbocycles. The first-order valence-corrected chi connectivity index (χ1v) is 7.08. The summed E-state index contributed by atoms with van der Waals surface area (Å²) in [6.07, 6.45) is 6.44. The molecule has 2 aromatic rings. The number of hydrogen-bond donors (Lipinski definition) is 1. The normalized spacial score (nSPS) is 16.4. The Kier molecular flexibility index (Phi) is 5.23. The van der Waals surface area contributed by atoms with Crippen molar-refractivity contribution in [1.29, 1.82) is 0 Å². The molecule has 0 radical (unpaired) electrons. The number of halogens is 1. The van der Waals surface area contributed by atoms with Crippen molar-refractivity contribution in [1.82, 2.24) is 14.9 Å². The summed E-state index contributed by atoms with van der Waals surface area (Å²) in [6.45, 7) is 3.80. The molecule has 1 fully saturated rings. The van der Waals surface area contributed by atoms with Crippen LogP contribution in [0.2, 0.25) is 0 Å². The van der Waals surface area contributed by atoms with E-state index in [-0.39, 0.29) is 12.4 Å². The summed E-state index contributed by atoms with van der Waals surface area (Å²) in [5.74, 6) is 1.13. The summed E-state index contributed by atoms with van der Waals surface area (Å²) < 4.78 is 0. The van der Waals surface area contributed by atoms with Crippen LogP contribution in [0, 0.1) is 0 Å². The van der Waals surface area contributed by atoms with E-state index in [2.05, 4.69) is 33.1 Å². The molecule has 0 aliphatic carbocycles. The molecular formula is C15H22ClN3. The molecule has 0 bridgehead atoms. The highest BCUT2D eigenvalue weighted by atomic mass is 35.5. The predicted molar refractivity (Wildman–Crippen MR) is 82.0 cm³/mol. The average Bonchev–Trinajstić information content (AvgIpc) is 2.82. The topological polar surface area (TPSA) is 31.9 Å². The minimum Gasteiger partial charge on any atom is -0.342 e. The van der Waals surface area contributed by atoms with Gasteiger partial charge in [0.05, 0.1) is 11.0 Å². The third-order valence-electron chi connectivity index (χ3n) is 3.78. The molecular weight excluding hydrogens is 258 g/mol. The molecule has 3 nitrogen and oxygen atoms in total. The van der Waals surface area contributed by atoms with E-state index in [0.717, 1.165) is 23.3 Å². The smallest absolute Gasteiger partial charge is 0.107 e. The fraction of sp³-hybridized carbons (Fsp3) is 0.533. The maximum atomic E-state index is 4.62. The quantitative estimate of drug-likeness (QED) is 0.930. The SMILES string of the molecule is Cl.c1ccc2[nH]c(CCCN3CCCCC3)nc2c1. The number of nitrogens with zero attached hydrogens (tertiary/aromatic N) is 2. The number of benzene rings is 1. The number of hydrogen-bond acceptors (Lipinski definition) is 2. The van der Waals surface area contributed by atoms with E-state index in [4.69, 9.17) is 0 Å². The van der Waals surface area contributed by atoms with E-state index >= 15 is 0 Å². The Labute approximate surface area is 120 Å². The zero-order valence-electron chi connectivity index (χ0n) is 11.3. The number of H-pyrrole nitrogens is 1. The second kappa shape index (κ2) is 6.92. The van der Waals surface area contributed by atoms with Crippen LogP contribution in [-0.4, -0.2) is 34.5 Å². The highest BCUT2D eigenvalue weighted by Gasteiger charge is 2.09. The summed E-state index contributed by atoms with van der Waals surface area (Å²) in [7, 11) is 0. The van der Waals surface area contributed by atoms with Crippen LogP contribution in [0.15, 0.2) is 24.3 Å². The van der Waals surface area contributed by atoms with Crippen LogP contribution in [0.3, 0.4) is 0 Å². The third-order valence-corrected chi connectivity index (χ3v) is 3.78. The number of aromatic nitrogens is 2. The van der Waals surface area contributed by atoms with Gasteiger partial charge in [0.25, 0.3) is 0 Å². The molecule has 1 saturated heterocycles. The second-order valence-corrected chi connectivity index (χ2v) is 5.21. The molecule has 1 N–H and O–H groups in total. The number of likely N-dealkylation sites (tertiary alicyclic amines) is 1. The molecule has 1 aliphatic rings. The summed E-state index contributed by atoms with van der Waals surface area (Å²) in [5.41, 5.74) is 2.25. The fourth-order valence-corrected chi connectivity index (χ4v) is 2.78. The molecule has 104 valence electrons. The van der Waals surface area contributed by atoms with Crippen molar-refractivity contribution in [3.8, 4) is 0 Å². The van der Waals surface area contributed by atoms with Crippen LogP contribution in [0.5, 0.6) is 0 Å². The Balaban J connectivity index is 0.00000133. The number of piperidine rings is 1. The summed E-state index contributed by atoms with van der Waals surface area (Å²) in [4.78, 5) is 10.6. The van der Waals surface area contributed by atoms with Crippen LogP contribution in [0.25, 0.3) is 11.0 Å². The van der Waals surface area contributed by atoms with Gasteiger partial charge in [-0.1, -0.05) is 18.6 Å². The second-order valence-electron chi connectivity index (χ2n) is 5.21. The first-order valence-electron chi connectivity index (χ1n) is 7.08. The number of para-hydroxylation sites is 2. The Hall–Kier alpha value is -1.06. The molecule has 0 amide bonds. The number of fused-ring (bicyclic) bond motifs is 1. The number of imidazole rings is 1. The van der Waals surface area contributed by atoms with Crippen molar-refractivity contribution >= 4 is 23.4 Å². The molecule has 3 rings (SSSR count). The third kappa shape index (κ3) is 3.71. The van der Waals surface area contributed by atoms with Crippen molar-refractivity contribution in [2.24, 2.45) is 0 Å². The lowest BCUT2D eigenvalue weighted by Crippen LogP contribution is -2.30. The molecule has 1 aromatic heterocycles. The predicted octanol–water partition coefficient (Wildman–Crippen LogP) is 3.40. The Bertz CT molecular complexity index is 470. The van der Waals surface area contributed by atoms with Crippen molar-refractivity contribution in [2.75, 3.05) is 19.6 Å². The van der Waals surface area contributed by atoms with Crippen LogP contribution < -0.4 is 0 Å². The van der Waals surface area contributed by atoms with Gasteiger partial charge < -0.3 is 9.88 Å². The van der Waals surface area contributed by atoms with Crippen molar-refractivity contribution in [3.05, 3.63) is 30.1 Å². The molecule has 4 heteroatoms. The van der Waals surface area contributed by atoms with Crippen LogP contribution in [-0.2, 0) is 6.42 Å². The van der Waals surface area contributed by atoms with E-state index in [1.54, 1.807) is 0 Å². The van der Waals surface area contributed by atoms with Crippen LogP contribution >= 0.6 is 12.4 Å². The minimum absolute atomic E-state index is 0. The van der Waals surface area contributed by atoms with Crippen molar-refractivity contribution < 1.29 is 0 Å². The average molecular weight is 280 g/mol. The zero-order valence-corrected chi connectivity index (χ0v) is 12.1. The van der Waals surface area contributed by atoms with Gasteiger partial charge in [-0.2, -0.15) is 0 Å². The van der Waals surface area contributed by atoms with Gasteiger partial charge in [0.1, 0.15) is 5.82 Å². The monoisotopic (exact) mass is 279 g/mol. The van der Waals surface area contributed by atoms with Gasteiger partial charge in [0.2, 0.25) is 0 Å². The van der Waals surface area contributed by atoms with Crippen molar-refractivity contribution in [3.63, 3.8) is 0 Å². The van der Waals surface area contributed by atoms with Crippen molar-refractivity contribution in [2.45, 2.75) is 32.1 Å². The molecule has 2 heterocycles. The van der Waals surface area contributed by atoms with Gasteiger partial charge in [-0.05, 0) is 51.0 Å². The standard InChI is InChI=1S/C15H21N3.ClH/c1-4-10-18(11-5-1)12-6-9-15-16-13-7-2-3-8-14(13)17-15;/h2-3,7-8H,1,4-6,9-12H2,(H,16,17);1H. The van der Waals surface area contributed by atoms with E-state index in [9.17, 15) is 0 Å². The van der Waals surface area contributed by atoms with E-state index in [0.29, 0.717) is 0 Å². The van der Waals surface area contributed by atoms with Gasteiger partial charge in [-0.25, -0.2) is 4.98 Å². The fourth-order valence-electron chi connectivity index (χ4n) is 2.78. The maximum absolute atomic E-state index is 4.62. The largest absolute Gasteiger partial charge is 0.342 e. The number of aromatic amines is 1. The summed E-state index contributed by atoms with van der Waals surface area (Å²) in [6, 6.07) is 8.26. The number of nitrogens with one attached hydrogen (secondary N) is 1. The first kappa shape index (κ1) is 14.4. The lowest BCUT2D eigenvalue weighted by molar-refractivity contribution is 0.226. The van der Waals surface area contributed by atoms with E-state index in [1.165, 1.54) is 45.3 Å². The minimum atomic E-state index is 0. The maximum Gasteiger partial charge on any atom is 0.107 e. The lowest BCUT2D eigenvalue weighted by Gasteiger charge is -2.26. The van der Waals surface area contributed by atoms with Crippen LogP contribution in [0.4, 0.5) is 0 Å². The molecule has 0 unspecified atom stereocenters. The molecule has 0 spiro atoms. The number of aryl methyl sites for hydroxylation is 1. The molecule has 19 heavy (non-hydrogen) atoms. The summed E-state index contributed by atoms with van der Waals surface area (Å²) in [5, 5.41) is 0. The van der Waals surface area contributed by atoms with Gasteiger partial charge in [0.15, 0.2) is 0 Å². The van der Waals surface area contributed by atoms with Gasteiger partial charge in [-0.15, -0.1) is 12.4 Å². The van der Waals surface area contributed by atoms with Gasteiger partial charge in [0, 0.05) is 6.42 Å². The lowest BCUT2D eigenvalue weighted by atomic mass is 10.1.